The summed E-state index contributed by atoms with van der Waals surface area (Å²) < 4.78 is 10.4. The van der Waals surface area contributed by atoms with Crippen LogP contribution in [0.15, 0.2) is 12.2 Å². The van der Waals surface area contributed by atoms with Gasteiger partial charge in [-0.25, -0.2) is 4.79 Å². The monoisotopic (exact) mass is 400 g/mol. The molecule has 0 aliphatic heterocycles. The van der Waals surface area contributed by atoms with E-state index in [0.717, 1.165) is 25.7 Å². The first kappa shape index (κ1) is 27.1. The predicted octanol–water partition coefficient (Wildman–Crippen LogP) is 4.94. The Morgan fingerprint density at radius 2 is 1.46 bits per heavy atom. The molecule has 0 saturated carbocycles. The van der Waals surface area contributed by atoms with Crippen LogP contribution in [0.3, 0.4) is 0 Å². The first-order valence-corrected chi connectivity index (χ1v) is 11.4. The lowest BCUT2D eigenvalue weighted by Crippen LogP contribution is -2.30. The van der Waals surface area contributed by atoms with Crippen molar-refractivity contribution in [2.24, 2.45) is 0 Å². The molecule has 0 aliphatic rings. The van der Waals surface area contributed by atoms with E-state index >= 15 is 0 Å². The van der Waals surface area contributed by atoms with E-state index in [1.807, 2.05) is 6.92 Å². The molecule has 0 radical (unpaired) electrons. The minimum absolute atomic E-state index is 0.190. The number of rotatable bonds is 20. The molecule has 0 aromatic carbocycles. The molecule has 5 nitrogen and oxygen atoms in total. The summed E-state index contributed by atoms with van der Waals surface area (Å²) in [5.74, 6) is -0.452. The summed E-state index contributed by atoms with van der Waals surface area (Å²) in [6, 6.07) is 0. The van der Waals surface area contributed by atoms with Crippen molar-refractivity contribution < 1.29 is 24.5 Å². The van der Waals surface area contributed by atoms with Gasteiger partial charge >= 0.3 is 5.97 Å². The number of hydrogen-bond donors (Lipinski definition) is 2. The number of esters is 1. The summed E-state index contributed by atoms with van der Waals surface area (Å²) in [6.45, 7) is 3.94. The summed E-state index contributed by atoms with van der Waals surface area (Å²) in [5.41, 5.74) is 0. The molecule has 0 saturated heterocycles. The number of unbranched alkanes of at least 4 members (excludes halogenated alkanes) is 10. The molecule has 0 amide bonds. The fraction of sp³-hybridized carbons (Fsp3) is 0.870. The molecule has 0 heterocycles. The molecule has 0 spiro atoms. The van der Waals surface area contributed by atoms with Gasteiger partial charge in [0.1, 0.15) is 12.7 Å². The number of ether oxygens (including phenoxy) is 2. The van der Waals surface area contributed by atoms with Crippen molar-refractivity contribution in [2.75, 3.05) is 19.8 Å². The lowest BCUT2D eigenvalue weighted by atomic mass is 10.1. The smallest absolute Gasteiger partial charge is 0.335 e. The van der Waals surface area contributed by atoms with E-state index < -0.39 is 24.8 Å². The van der Waals surface area contributed by atoms with E-state index in [4.69, 9.17) is 14.6 Å². The highest BCUT2D eigenvalue weighted by atomic mass is 16.6. The molecule has 0 fully saturated rings. The van der Waals surface area contributed by atoms with Crippen molar-refractivity contribution in [3.63, 3.8) is 0 Å². The zero-order valence-corrected chi connectivity index (χ0v) is 18.2. The van der Waals surface area contributed by atoms with Crippen LogP contribution in [0.1, 0.15) is 97.3 Å². The number of hydrogen-bond acceptors (Lipinski definition) is 5. The SMILES string of the molecule is CCCCCCCC/C=C\CCCCCCC(OCC)C(=O)OCC(O)CO. The summed E-state index contributed by atoms with van der Waals surface area (Å²) in [6.07, 6.45) is 18.4. The maximum atomic E-state index is 12.0. The molecule has 5 heteroatoms. The molecule has 0 aliphatic carbocycles. The predicted molar refractivity (Wildman–Crippen MR) is 114 cm³/mol. The normalized spacial score (nSPS) is 13.7. The molecule has 2 unspecified atom stereocenters. The van der Waals surface area contributed by atoms with Crippen LogP contribution >= 0.6 is 0 Å². The highest BCUT2D eigenvalue weighted by Gasteiger charge is 2.20. The van der Waals surface area contributed by atoms with Crippen LogP contribution in [0.4, 0.5) is 0 Å². The molecule has 166 valence electrons. The highest BCUT2D eigenvalue weighted by molar-refractivity contribution is 5.74. The van der Waals surface area contributed by atoms with Crippen molar-refractivity contribution in [3.8, 4) is 0 Å². The zero-order chi connectivity index (χ0) is 20.9. The summed E-state index contributed by atoms with van der Waals surface area (Å²) in [7, 11) is 0. The van der Waals surface area contributed by atoms with E-state index in [0.29, 0.717) is 13.0 Å². The molecular weight excluding hydrogens is 356 g/mol. The van der Waals surface area contributed by atoms with E-state index in [2.05, 4.69) is 19.1 Å². The highest BCUT2D eigenvalue weighted by Crippen LogP contribution is 2.12. The van der Waals surface area contributed by atoms with Crippen LogP contribution in [-0.2, 0) is 14.3 Å². The van der Waals surface area contributed by atoms with Gasteiger partial charge in [0.15, 0.2) is 6.10 Å². The Morgan fingerprint density at radius 3 is 2.04 bits per heavy atom. The minimum atomic E-state index is -1.03. The van der Waals surface area contributed by atoms with Crippen LogP contribution in [0.5, 0.6) is 0 Å². The fourth-order valence-corrected chi connectivity index (χ4v) is 3.02. The molecule has 0 aromatic heterocycles. The van der Waals surface area contributed by atoms with Gasteiger partial charge in [0.05, 0.1) is 6.61 Å². The number of carbonyl (C=O) groups is 1. The molecular formula is C23H44O5. The Kier molecular flexibility index (Phi) is 20.1. The Balaban J connectivity index is 3.64. The number of allylic oxidation sites excluding steroid dienone is 2. The van der Waals surface area contributed by atoms with Gasteiger partial charge in [-0.05, 0) is 39.0 Å². The molecule has 28 heavy (non-hydrogen) atoms. The Bertz CT molecular complexity index is 370. The van der Waals surface area contributed by atoms with Crippen molar-refractivity contribution in [1.29, 1.82) is 0 Å². The zero-order valence-electron chi connectivity index (χ0n) is 18.2. The fourth-order valence-electron chi connectivity index (χ4n) is 3.02. The second-order valence-corrected chi connectivity index (χ2v) is 7.43. The summed E-state index contributed by atoms with van der Waals surface area (Å²) in [4.78, 5) is 12.0. The Morgan fingerprint density at radius 1 is 0.893 bits per heavy atom. The Labute approximate surface area is 172 Å². The third-order valence-electron chi connectivity index (χ3n) is 4.74. The van der Waals surface area contributed by atoms with Crippen LogP contribution in [0.2, 0.25) is 0 Å². The number of aliphatic hydroxyl groups excluding tert-OH is 2. The third kappa shape index (κ3) is 17.2. The second kappa shape index (κ2) is 20.8. The molecule has 0 bridgehead atoms. The number of aliphatic hydroxyl groups is 2. The van der Waals surface area contributed by atoms with Gasteiger partial charge in [-0.15, -0.1) is 0 Å². The van der Waals surface area contributed by atoms with E-state index in [9.17, 15) is 9.90 Å². The lowest BCUT2D eigenvalue weighted by Gasteiger charge is -2.17. The maximum absolute atomic E-state index is 12.0. The third-order valence-corrected chi connectivity index (χ3v) is 4.74. The number of carbonyl (C=O) groups excluding carboxylic acids is 1. The van der Waals surface area contributed by atoms with Gasteiger partial charge in [0.25, 0.3) is 0 Å². The molecule has 0 aromatic rings. The quantitative estimate of drug-likeness (QED) is 0.172. The largest absolute Gasteiger partial charge is 0.461 e. The first-order valence-electron chi connectivity index (χ1n) is 11.4. The van der Waals surface area contributed by atoms with Crippen molar-refractivity contribution >= 4 is 5.97 Å². The average Bonchev–Trinajstić information content (AvgIpc) is 2.71. The van der Waals surface area contributed by atoms with Gasteiger partial charge in [-0.1, -0.05) is 70.4 Å². The molecule has 0 rings (SSSR count). The molecule has 2 atom stereocenters. The van der Waals surface area contributed by atoms with E-state index in [-0.39, 0.29) is 6.61 Å². The van der Waals surface area contributed by atoms with E-state index in [1.54, 1.807) is 0 Å². The average molecular weight is 401 g/mol. The van der Waals surface area contributed by atoms with Crippen molar-refractivity contribution in [3.05, 3.63) is 12.2 Å². The summed E-state index contributed by atoms with van der Waals surface area (Å²) >= 11 is 0. The Hall–Kier alpha value is -0.910. The topological polar surface area (TPSA) is 76.0 Å². The minimum Gasteiger partial charge on any atom is -0.461 e. The van der Waals surface area contributed by atoms with Crippen molar-refractivity contribution in [2.45, 2.75) is 110 Å². The molecule has 2 N–H and O–H groups in total. The van der Waals surface area contributed by atoms with Gasteiger partial charge in [-0.3, -0.25) is 0 Å². The van der Waals surface area contributed by atoms with Crippen LogP contribution in [0, 0.1) is 0 Å². The van der Waals surface area contributed by atoms with Gasteiger partial charge in [0, 0.05) is 6.61 Å². The summed E-state index contributed by atoms with van der Waals surface area (Å²) in [5, 5.41) is 18.0. The maximum Gasteiger partial charge on any atom is 0.335 e. The van der Waals surface area contributed by atoms with Gasteiger partial charge in [-0.2, -0.15) is 0 Å². The van der Waals surface area contributed by atoms with Crippen LogP contribution in [-0.4, -0.2) is 48.2 Å². The lowest BCUT2D eigenvalue weighted by molar-refractivity contribution is -0.161. The van der Waals surface area contributed by atoms with Crippen molar-refractivity contribution in [1.82, 2.24) is 0 Å². The first-order chi connectivity index (χ1) is 13.7. The van der Waals surface area contributed by atoms with Crippen LogP contribution < -0.4 is 0 Å². The van der Waals surface area contributed by atoms with Gasteiger partial charge in [0.2, 0.25) is 0 Å². The van der Waals surface area contributed by atoms with Gasteiger partial charge < -0.3 is 19.7 Å². The van der Waals surface area contributed by atoms with E-state index in [1.165, 1.54) is 51.4 Å². The van der Waals surface area contributed by atoms with Crippen LogP contribution in [0.25, 0.3) is 0 Å². The standard InChI is InChI=1S/C23H44O5/c1-3-5-6-7-8-9-10-11-12-13-14-15-16-17-18-22(27-4-2)23(26)28-20-21(25)19-24/h11-12,21-22,24-25H,3-10,13-20H2,1-2H3/b12-11-. The second-order valence-electron chi connectivity index (χ2n) is 7.43.